The second-order valence-electron chi connectivity index (χ2n) is 7.90. The van der Waals surface area contributed by atoms with Gasteiger partial charge in [0.15, 0.2) is 11.5 Å². The van der Waals surface area contributed by atoms with Gasteiger partial charge in [-0.1, -0.05) is 12.1 Å². The molecule has 1 aromatic heterocycles. The number of carbonyl (C=O) groups is 2. The summed E-state index contributed by atoms with van der Waals surface area (Å²) < 4.78 is 16.9. The lowest BCUT2D eigenvalue weighted by molar-refractivity contribution is -0.131. The molecule has 2 aliphatic heterocycles. The van der Waals surface area contributed by atoms with Crippen LogP contribution in [0.3, 0.4) is 0 Å². The Morgan fingerprint density at radius 1 is 1.29 bits per heavy atom. The molecule has 8 heteroatoms. The van der Waals surface area contributed by atoms with Gasteiger partial charge in [0, 0.05) is 31.0 Å². The minimum atomic E-state index is -0.257. The highest BCUT2D eigenvalue weighted by Crippen LogP contribution is 2.36. The summed E-state index contributed by atoms with van der Waals surface area (Å²) in [6.45, 7) is 3.60. The number of amides is 2. The van der Waals surface area contributed by atoms with Gasteiger partial charge in [-0.3, -0.25) is 9.59 Å². The minimum absolute atomic E-state index is 0.00385. The number of likely N-dealkylation sites (tertiary alicyclic amines) is 1. The molecule has 0 bridgehead atoms. The number of ether oxygens (including phenoxy) is 3. The Kier molecular flexibility index (Phi) is 6.36. The Labute approximate surface area is 181 Å². The molecule has 3 heterocycles. The molecule has 2 saturated heterocycles. The monoisotopic (exact) mass is 425 g/mol. The lowest BCUT2D eigenvalue weighted by Crippen LogP contribution is -2.34. The van der Waals surface area contributed by atoms with E-state index in [4.69, 9.17) is 14.2 Å². The summed E-state index contributed by atoms with van der Waals surface area (Å²) in [5, 5.41) is 2.76. The van der Waals surface area contributed by atoms with Crippen LogP contribution in [0, 0.1) is 6.92 Å². The summed E-state index contributed by atoms with van der Waals surface area (Å²) in [6.07, 6.45) is 1.20. The highest BCUT2D eigenvalue weighted by molar-refractivity contribution is 5.94. The van der Waals surface area contributed by atoms with E-state index in [1.165, 1.54) is 0 Å². The fraction of sp³-hybridized carbons (Fsp3) is 0.435. The van der Waals surface area contributed by atoms with Gasteiger partial charge >= 0.3 is 0 Å². The van der Waals surface area contributed by atoms with E-state index < -0.39 is 0 Å². The highest BCUT2D eigenvalue weighted by Gasteiger charge is 2.32. The van der Waals surface area contributed by atoms with E-state index in [9.17, 15) is 9.59 Å². The highest BCUT2D eigenvalue weighted by atomic mass is 16.6. The molecule has 0 saturated carbocycles. The summed E-state index contributed by atoms with van der Waals surface area (Å²) in [4.78, 5) is 30.8. The van der Waals surface area contributed by atoms with Gasteiger partial charge in [-0.15, -0.1) is 0 Å². The summed E-state index contributed by atoms with van der Waals surface area (Å²) in [6, 6.07) is 11.2. The number of aryl methyl sites for hydroxylation is 1. The van der Waals surface area contributed by atoms with E-state index in [-0.39, 0.29) is 30.4 Å². The lowest BCUT2D eigenvalue weighted by atomic mass is 9.98. The van der Waals surface area contributed by atoms with Gasteiger partial charge in [-0.2, -0.15) is 0 Å². The first-order valence-corrected chi connectivity index (χ1v) is 10.5. The molecule has 2 atom stereocenters. The van der Waals surface area contributed by atoms with Crippen molar-refractivity contribution >= 4 is 17.6 Å². The van der Waals surface area contributed by atoms with Crippen LogP contribution in [0.15, 0.2) is 36.4 Å². The van der Waals surface area contributed by atoms with E-state index in [1.807, 2.05) is 37.3 Å². The predicted molar refractivity (Wildman–Crippen MR) is 114 cm³/mol. The molecule has 1 aromatic carbocycles. The number of aromatic nitrogens is 1. The molecule has 2 fully saturated rings. The molecule has 2 aromatic rings. The zero-order chi connectivity index (χ0) is 21.8. The maximum atomic E-state index is 12.5. The third-order valence-electron chi connectivity index (χ3n) is 5.55. The molecule has 1 N–H and O–H groups in total. The predicted octanol–water partition coefficient (Wildman–Crippen LogP) is 2.52. The van der Waals surface area contributed by atoms with Crippen molar-refractivity contribution in [3.63, 3.8) is 0 Å². The number of carbonyl (C=O) groups excluding carboxylic acids is 2. The average Bonchev–Trinajstić information content (AvgIpc) is 3.38. The number of hydrogen-bond donors (Lipinski definition) is 1. The van der Waals surface area contributed by atoms with Crippen LogP contribution in [-0.4, -0.2) is 61.2 Å². The van der Waals surface area contributed by atoms with Gasteiger partial charge in [0.25, 0.3) is 0 Å². The van der Waals surface area contributed by atoms with Gasteiger partial charge in [0.05, 0.1) is 26.9 Å². The summed E-state index contributed by atoms with van der Waals surface area (Å²) in [5.74, 6) is 1.49. The molecular weight excluding hydrogens is 398 g/mol. The van der Waals surface area contributed by atoms with Gasteiger partial charge in [-0.05, 0) is 36.8 Å². The molecule has 2 amide bonds. The van der Waals surface area contributed by atoms with Crippen molar-refractivity contribution in [3.05, 3.63) is 47.7 Å². The van der Waals surface area contributed by atoms with Crippen LogP contribution in [0.4, 0.5) is 5.82 Å². The fourth-order valence-electron chi connectivity index (χ4n) is 3.94. The van der Waals surface area contributed by atoms with Gasteiger partial charge in [0.2, 0.25) is 11.8 Å². The molecule has 2 aliphatic rings. The second-order valence-corrected chi connectivity index (χ2v) is 7.90. The van der Waals surface area contributed by atoms with Crippen LogP contribution in [0.2, 0.25) is 0 Å². The van der Waals surface area contributed by atoms with Crippen molar-refractivity contribution in [1.29, 1.82) is 0 Å². The molecule has 0 radical (unpaired) electrons. The number of pyridine rings is 1. The first-order valence-electron chi connectivity index (χ1n) is 10.5. The Morgan fingerprint density at radius 2 is 2.16 bits per heavy atom. The van der Waals surface area contributed by atoms with Crippen LogP contribution in [0.25, 0.3) is 0 Å². The Bertz CT molecular complexity index is 958. The Morgan fingerprint density at radius 3 is 2.90 bits per heavy atom. The minimum Gasteiger partial charge on any atom is -0.493 e. The van der Waals surface area contributed by atoms with E-state index in [0.717, 1.165) is 17.7 Å². The van der Waals surface area contributed by atoms with Crippen molar-refractivity contribution in [1.82, 2.24) is 9.88 Å². The maximum Gasteiger partial charge on any atom is 0.245 e. The number of hydrogen-bond acceptors (Lipinski definition) is 6. The summed E-state index contributed by atoms with van der Waals surface area (Å²) in [7, 11) is 1.61. The third kappa shape index (κ3) is 5.14. The number of benzene rings is 1. The van der Waals surface area contributed by atoms with Gasteiger partial charge in [0.1, 0.15) is 11.9 Å². The van der Waals surface area contributed by atoms with Crippen LogP contribution in [-0.2, 0) is 14.3 Å². The standard InChI is InChI=1S/C23H27N3O5/c1-15-4-3-5-21(24-15)25-22(27)13-26-12-17(11-23(26)28)16-6-7-19(29-2)20(10-16)31-18-8-9-30-14-18/h3-7,10,17-18H,8-9,11-14H2,1-2H3,(H,24,25,27)/t17-,18+/m0/s1. The van der Waals surface area contributed by atoms with E-state index >= 15 is 0 Å². The van der Waals surface area contributed by atoms with Crippen molar-refractivity contribution < 1.29 is 23.8 Å². The zero-order valence-electron chi connectivity index (χ0n) is 17.8. The zero-order valence-corrected chi connectivity index (χ0v) is 17.8. The third-order valence-corrected chi connectivity index (χ3v) is 5.55. The van der Waals surface area contributed by atoms with Crippen molar-refractivity contribution in [2.24, 2.45) is 0 Å². The normalized spacial score (nSPS) is 20.7. The number of anilines is 1. The Hall–Kier alpha value is -3.13. The van der Waals surface area contributed by atoms with E-state index in [2.05, 4.69) is 10.3 Å². The number of methoxy groups -OCH3 is 1. The molecule has 31 heavy (non-hydrogen) atoms. The summed E-state index contributed by atoms with van der Waals surface area (Å²) >= 11 is 0. The SMILES string of the molecule is COc1ccc([C@H]2CC(=O)N(CC(=O)Nc3cccc(C)n3)C2)cc1O[C@@H]1CCOC1. The lowest BCUT2D eigenvalue weighted by Gasteiger charge is -2.19. The first kappa shape index (κ1) is 21.1. The Balaban J connectivity index is 1.40. The molecule has 0 unspecified atom stereocenters. The quantitative estimate of drug-likeness (QED) is 0.733. The topological polar surface area (TPSA) is 90.0 Å². The molecule has 164 valence electrons. The van der Waals surface area contributed by atoms with Crippen LogP contribution < -0.4 is 14.8 Å². The summed E-state index contributed by atoms with van der Waals surface area (Å²) in [5.41, 5.74) is 1.81. The van der Waals surface area contributed by atoms with Crippen molar-refractivity contribution in [2.75, 3.05) is 38.7 Å². The van der Waals surface area contributed by atoms with Gasteiger partial charge in [-0.25, -0.2) is 4.98 Å². The van der Waals surface area contributed by atoms with Gasteiger partial charge < -0.3 is 24.4 Å². The van der Waals surface area contributed by atoms with E-state index in [0.29, 0.717) is 43.5 Å². The fourth-order valence-corrected chi connectivity index (χ4v) is 3.94. The molecule has 0 spiro atoms. The van der Waals surface area contributed by atoms with Crippen LogP contribution in [0.1, 0.15) is 30.0 Å². The average molecular weight is 425 g/mol. The first-order chi connectivity index (χ1) is 15.0. The molecule has 4 rings (SSSR count). The van der Waals surface area contributed by atoms with Crippen molar-refractivity contribution in [2.45, 2.75) is 31.8 Å². The molecule has 0 aliphatic carbocycles. The number of rotatable bonds is 7. The second kappa shape index (κ2) is 9.34. The maximum absolute atomic E-state index is 12.5. The number of nitrogens with zero attached hydrogens (tertiary/aromatic N) is 2. The smallest absolute Gasteiger partial charge is 0.245 e. The van der Waals surface area contributed by atoms with Crippen molar-refractivity contribution in [3.8, 4) is 11.5 Å². The van der Waals surface area contributed by atoms with Crippen LogP contribution in [0.5, 0.6) is 11.5 Å². The molecular formula is C23H27N3O5. The van der Waals surface area contributed by atoms with E-state index in [1.54, 1.807) is 18.1 Å². The van der Waals surface area contributed by atoms with Crippen LogP contribution >= 0.6 is 0 Å². The molecule has 8 nitrogen and oxygen atoms in total. The number of nitrogens with one attached hydrogen (secondary N) is 1. The largest absolute Gasteiger partial charge is 0.493 e.